The van der Waals surface area contributed by atoms with Crippen LogP contribution in [0.5, 0.6) is 11.5 Å². The van der Waals surface area contributed by atoms with Crippen LogP contribution in [0, 0.1) is 0 Å². The van der Waals surface area contributed by atoms with Crippen LogP contribution in [0.3, 0.4) is 0 Å². The van der Waals surface area contributed by atoms with Gasteiger partial charge in [0.1, 0.15) is 0 Å². The highest BCUT2D eigenvalue weighted by atomic mass is 32.2. The van der Waals surface area contributed by atoms with Gasteiger partial charge >= 0.3 is 0 Å². The van der Waals surface area contributed by atoms with Gasteiger partial charge in [-0.05, 0) is 50.1 Å². The zero-order valence-electron chi connectivity index (χ0n) is 14.7. The fraction of sp³-hybridized carbons (Fsp3) is 0.368. The molecule has 1 N–H and O–H groups in total. The summed E-state index contributed by atoms with van der Waals surface area (Å²) >= 11 is 1.43. The van der Waals surface area contributed by atoms with Crippen molar-refractivity contribution in [1.29, 1.82) is 0 Å². The van der Waals surface area contributed by atoms with Crippen LogP contribution < -0.4 is 14.8 Å². The lowest BCUT2D eigenvalue weighted by Crippen LogP contribution is -2.27. The molecule has 1 amide bonds. The molecule has 0 saturated carbocycles. The molecule has 0 unspecified atom stereocenters. The summed E-state index contributed by atoms with van der Waals surface area (Å²) in [7, 11) is 0. The standard InChI is InChI=1S/C19H24N2O3S/c1-3-23-16-9-8-15(13-17(16)24-4-2)10-12-20-18(22)14-25-19-7-5-6-11-21-19/h5-9,11,13H,3-4,10,12,14H2,1-2H3,(H,20,22). The van der Waals surface area contributed by atoms with Gasteiger partial charge in [-0.2, -0.15) is 0 Å². The van der Waals surface area contributed by atoms with Crippen molar-refractivity contribution in [1.82, 2.24) is 10.3 Å². The average Bonchev–Trinajstić information content (AvgIpc) is 2.63. The molecule has 0 aliphatic carbocycles. The summed E-state index contributed by atoms with van der Waals surface area (Å²) in [6.45, 7) is 5.67. The van der Waals surface area contributed by atoms with E-state index in [0.29, 0.717) is 25.5 Å². The summed E-state index contributed by atoms with van der Waals surface area (Å²) in [6.07, 6.45) is 2.47. The third-order valence-electron chi connectivity index (χ3n) is 3.33. The zero-order chi connectivity index (χ0) is 17.9. The Labute approximate surface area is 153 Å². The number of nitrogens with zero attached hydrogens (tertiary/aromatic N) is 1. The van der Waals surface area contributed by atoms with E-state index in [9.17, 15) is 4.79 Å². The summed E-state index contributed by atoms with van der Waals surface area (Å²) in [5.74, 6) is 1.87. The monoisotopic (exact) mass is 360 g/mol. The maximum atomic E-state index is 11.9. The Balaban J connectivity index is 1.78. The fourth-order valence-electron chi connectivity index (χ4n) is 2.22. The second-order valence-corrected chi connectivity index (χ2v) is 6.20. The highest BCUT2D eigenvalue weighted by Gasteiger charge is 2.07. The first-order chi connectivity index (χ1) is 12.2. The molecule has 0 bridgehead atoms. The van der Waals surface area contributed by atoms with Crippen LogP contribution in [-0.2, 0) is 11.2 Å². The van der Waals surface area contributed by atoms with Crippen LogP contribution in [0.1, 0.15) is 19.4 Å². The van der Waals surface area contributed by atoms with Crippen molar-refractivity contribution in [2.24, 2.45) is 0 Å². The molecule has 0 aliphatic rings. The summed E-state index contributed by atoms with van der Waals surface area (Å²) < 4.78 is 11.2. The van der Waals surface area contributed by atoms with Crippen LogP contribution in [0.4, 0.5) is 0 Å². The second-order valence-electron chi connectivity index (χ2n) is 5.20. The Bertz CT molecular complexity index is 665. The van der Waals surface area contributed by atoms with Crippen LogP contribution in [0.25, 0.3) is 0 Å². The van der Waals surface area contributed by atoms with Crippen molar-refractivity contribution in [2.45, 2.75) is 25.3 Å². The number of hydrogen-bond acceptors (Lipinski definition) is 5. The largest absolute Gasteiger partial charge is 0.490 e. The van der Waals surface area contributed by atoms with Crippen LogP contribution in [-0.4, -0.2) is 36.4 Å². The summed E-state index contributed by atoms with van der Waals surface area (Å²) in [5.41, 5.74) is 1.10. The number of aromatic nitrogens is 1. The number of hydrogen-bond donors (Lipinski definition) is 1. The van der Waals surface area contributed by atoms with Gasteiger partial charge in [-0.1, -0.05) is 23.9 Å². The molecule has 0 aliphatic heterocycles. The highest BCUT2D eigenvalue weighted by Crippen LogP contribution is 2.28. The lowest BCUT2D eigenvalue weighted by molar-refractivity contribution is -0.118. The molecule has 1 aromatic heterocycles. The normalized spacial score (nSPS) is 10.3. The predicted molar refractivity (Wildman–Crippen MR) is 100 cm³/mol. The first-order valence-corrected chi connectivity index (χ1v) is 9.40. The Hall–Kier alpha value is -2.21. The van der Waals surface area contributed by atoms with Gasteiger partial charge in [0.2, 0.25) is 5.91 Å². The minimum Gasteiger partial charge on any atom is -0.490 e. The molecule has 25 heavy (non-hydrogen) atoms. The third-order valence-corrected chi connectivity index (χ3v) is 4.28. The first kappa shape index (κ1) is 19.1. The average molecular weight is 360 g/mol. The first-order valence-electron chi connectivity index (χ1n) is 8.42. The van der Waals surface area contributed by atoms with E-state index in [4.69, 9.17) is 9.47 Å². The van der Waals surface area contributed by atoms with E-state index in [2.05, 4.69) is 10.3 Å². The van der Waals surface area contributed by atoms with E-state index in [0.717, 1.165) is 28.5 Å². The molecule has 2 rings (SSSR count). The van der Waals surface area contributed by atoms with Crippen molar-refractivity contribution in [3.05, 3.63) is 48.2 Å². The number of carbonyl (C=O) groups excluding carboxylic acids is 1. The van der Waals surface area contributed by atoms with Crippen LogP contribution in [0.15, 0.2) is 47.6 Å². The number of pyridine rings is 1. The minimum atomic E-state index is 0.00613. The van der Waals surface area contributed by atoms with E-state index in [1.165, 1.54) is 11.8 Å². The summed E-state index contributed by atoms with van der Waals surface area (Å²) in [5, 5.41) is 3.79. The van der Waals surface area contributed by atoms with E-state index >= 15 is 0 Å². The van der Waals surface area contributed by atoms with Gasteiger partial charge in [0.25, 0.3) is 0 Å². The van der Waals surface area contributed by atoms with Crippen molar-refractivity contribution < 1.29 is 14.3 Å². The Morgan fingerprint density at radius 2 is 1.92 bits per heavy atom. The Kier molecular flexibility index (Phi) is 8.12. The Morgan fingerprint density at radius 1 is 1.12 bits per heavy atom. The number of rotatable bonds is 10. The topological polar surface area (TPSA) is 60.5 Å². The molecule has 1 heterocycles. The summed E-state index contributed by atoms with van der Waals surface area (Å²) in [4.78, 5) is 16.1. The molecule has 2 aromatic rings. The quantitative estimate of drug-likeness (QED) is 0.659. The van der Waals surface area contributed by atoms with Crippen molar-refractivity contribution in [2.75, 3.05) is 25.5 Å². The van der Waals surface area contributed by atoms with Crippen molar-refractivity contribution in [3.8, 4) is 11.5 Å². The van der Waals surface area contributed by atoms with Gasteiger partial charge < -0.3 is 14.8 Å². The molecule has 0 radical (unpaired) electrons. The van der Waals surface area contributed by atoms with Crippen LogP contribution in [0.2, 0.25) is 0 Å². The van der Waals surface area contributed by atoms with Crippen molar-refractivity contribution in [3.63, 3.8) is 0 Å². The molecule has 0 spiro atoms. The zero-order valence-corrected chi connectivity index (χ0v) is 15.5. The number of ether oxygens (including phenoxy) is 2. The maximum absolute atomic E-state index is 11.9. The third kappa shape index (κ3) is 6.66. The molecule has 0 fully saturated rings. The molecule has 134 valence electrons. The van der Waals surface area contributed by atoms with Gasteiger partial charge in [0.15, 0.2) is 11.5 Å². The SMILES string of the molecule is CCOc1ccc(CCNC(=O)CSc2ccccn2)cc1OCC. The van der Waals surface area contributed by atoms with Crippen molar-refractivity contribution >= 4 is 17.7 Å². The van der Waals surface area contributed by atoms with Crippen LogP contribution >= 0.6 is 11.8 Å². The number of thioether (sulfide) groups is 1. The van der Waals surface area contributed by atoms with Gasteiger partial charge in [-0.15, -0.1) is 0 Å². The molecular formula is C19H24N2O3S. The van der Waals surface area contributed by atoms with E-state index in [1.807, 2.05) is 50.2 Å². The van der Waals surface area contributed by atoms with E-state index < -0.39 is 0 Å². The fourth-order valence-corrected chi connectivity index (χ4v) is 2.91. The highest BCUT2D eigenvalue weighted by molar-refractivity contribution is 7.99. The smallest absolute Gasteiger partial charge is 0.230 e. The number of benzene rings is 1. The molecule has 1 aromatic carbocycles. The number of nitrogens with one attached hydrogen (secondary N) is 1. The summed E-state index contributed by atoms with van der Waals surface area (Å²) in [6, 6.07) is 11.6. The molecule has 6 heteroatoms. The van der Waals surface area contributed by atoms with E-state index in [-0.39, 0.29) is 5.91 Å². The lowest BCUT2D eigenvalue weighted by Gasteiger charge is -2.12. The maximum Gasteiger partial charge on any atom is 0.230 e. The van der Waals surface area contributed by atoms with Gasteiger partial charge in [0, 0.05) is 12.7 Å². The lowest BCUT2D eigenvalue weighted by atomic mass is 10.1. The molecule has 0 atom stereocenters. The molecular weight excluding hydrogens is 336 g/mol. The van der Waals surface area contributed by atoms with Gasteiger partial charge in [-0.25, -0.2) is 4.98 Å². The minimum absolute atomic E-state index is 0.00613. The van der Waals surface area contributed by atoms with Gasteiger partial charge in [-0.3, -0.25) is 4.79 Å². The Morgan fingerprint density at radius 3 is 2.64 bits per heavy atom. The second kappa shape index (κ2) is 10.6. The molecule has 0 saturated heterocycles. The molecule has 5 nitrogen and oxygen atoms in total. The number of amides is 1. The van der Waals surface area contributed by atoms with E-state index in [1.54, 1.807) is 6.20 Å². The van der Waals surface area contributed by atoms with Gasteiger partial charge in [0.05, 0.1) is 24.0 Å². The predicted octanol–water partition coefficient (Wildman–Crippen LogP) is 3.33. The number of carbonyl (C=O) groups is 1.